The second-order valence-electron chi connectivity index (χ2n) is 8.29. The van der Waals surface area contributed by atoms with Crippen LogP contribution in [0.5, 0.6) is 0 Å². The summed E-state index contributed by atoms with van der Waals surface area (Å²) in [5, 5.41) is 4.03. The molecule has 9 heteroatoms. The third-order valence-electron chi connectivity index (χ3n) is 5.86. The van der Waals surface area contributed by atoms with Gasteiger partial charge in [-0.05, 0) is 23.8 Å². The Bertz CT molecular complexity index is 1360. The van der Waals surface area contributed by atoms with Crippen LogP contribution in [-0.4, -0.2) is 58.4 Å². The van der Waals surface area contributed by atoms with Gasteiger partial charge in [0.15, 0.2) is 0 Å². The summed E-state index contributed by atoms with van der Waals surface area (Å²) in [4.78, 5) is 38.9. The molecule has 2 aromatic carbocycles. The Balaban J connectivity index is 1.18. The first kappa shape index (κ1) is 22.7. The van der Waals surface area contributed by atoms with E-state index < -0.39 is 0 Å². The number of aromatic nitrogens is 2. The number of H-pyrrole nitrogens is 1. The van der Waals surface area contributed by atoms with Crippen LogP contribution in [0.4, 0.5) is 5.69 Å². The molecule has 0 radical (unpaired) electrons. The number of nitrogens with zero attached hydrogens (tertiary/aromatic N) is 3. The summed E-state index contributed by atoms with van der Waals surface area (Å²) in [7, 11) is 0. The van der Waals surface area contributed by atoms with Crippen LogP contribution in [-0.2, 0) is 11.3 Å². The number of carbonyl (C=O) groups is 1. The van der Waals surface area contributed by atoms with Crippen molar-refractivity contribution < 1.29 is 4.79 Å². The first-order valence-corrected chi connectivity index (χ1v) is 12.3. The van der Waals surface area contributed by atoms with Crippen LogP contribution < -0.4 is 10.9 Å². The van der Waals surface area contributed by atoms with Gasteiger partial charge in [-0.1, -0.05) is 54.1 Å². The van der Waals surface area contributed by atoms with Crippen molar-refractivity contribution in [2.24, 2.45) is 0 Å². The molecule has 1 amide bonds. The molecular formula is C25H24ClN5O2S. The van der Waals surface area contributed by atoms with Gasteiger partial charge in [-0.25, -0.2) is 4.98 Å². The minimum absolute atomic E-state index is 0.0788. The van der Waals surface area contributed by atoms with Crippen LogP contribution in [0.25, 0.3) is 20.7 Å². The van der Waals surface area contributed by atoms with Gasteiger partial charge < -0.3 is 10.3 Å². The fraction of sp³-hybridized carbons (Fsp3) is 0.240. The van der Waals surface area contributed by atoms with Gasteiger partial charge >= 0.3 is 0 Å². The van der Waals surface area contributed by atoms with Crippen LogP contribution in [0.3, 0.4) is 0 Å². The fourth-order valence-corrected chi connectivity index (χ4v) is 5.31. The number of thiophene rings is 1. The Hall–Kier alpha value is -3.04. The monoisotopic (exact) mass is 493 g/mol. The van der Waals surface area contributed by atoms with Crippen molar-refractivity contribution >= 4 is 44.7 Å². The number of hydrogen-bond donors (Lipinski definition) is 2. The lowest BCUT2D eigenvalue weighted by Gasteiger charge is -2.33. The first-order valence-electron chi connectivity index (χ1n) is 11.1. The molecule has 1 fully saturated rings. The van der Waals surface area contributed by atoms with Crippen molar-refractivity contribution in [3.63, 3.8) is 0 Å². The smallest absolute Gasteiger partial charge is 0.259 e. The average molecular weight is 494 g/mol. The van der Waals surface area contributed by atoms with Crippen LogP contribution >= 0.6 is 22.9 Å². The summed E-state index contributed by atoms with van der Waals surface area (Å²) in [5.41, 5.74) is 1.61. The molecule has 3 heterocycles. The molecule has 1 saturated heterocycles. The van der Waals surface area contributed by atoms with Crippen LogP contribution in [0, 0.1) is 0 Å². The van der Waals surface area contributed by atoms with E-state index in [1.54, 1.807) is 12.1 Å². The van der Waals surface area contributed by atoms with E-state index in [0.717, 1.165) is 41.5 Å². The molecular weight excluding hydrogens is 470 g/mol. The van der Waals surface area contributed by atoms with Crippen molar-refractivity contribution in [3.8, 4) is 10.4 Å². The van der Waals surface area contributed by atoms with Gasteiger partial charge in [-0.2, -0.15) is 0 Å². The van der Waals surface area contributed by atoms with Gasteiger partial charge in [0.1, 0.15) is 10.7 Å². The van der Waals surface area contributed by atoms with Gasteiger partial charge in [-0.15, -0.1) is 11.3 Å². The molecule has 174 valence electrons. The predicted molar refractivity (Wildman–Crippen MR) is 137 cm³/mol. The Morgan fingerprint density at radius 2 is 1.74 bits per heavy atom. The molecule has 0 saturated carbocycles. The standard InChI is InChI=1S/C25H24ClN5O2S/c26-19-8-4-5-9-20(19)27-23(32)16-31-12-10-30(11-13-31)15-22-28-24(33)18-14-21(34-25(18)29-22)17-6-2-1-3-7-17/h1-9,14H,10-13,15-16H2,(H,27,32)(H,28,29,33). The Morgan fingerprint density at radius 1 is 1.03 bits per heavy atom. The average Bonchev–Trinajstić information content (AvgIpc) is 3.27. The number of aromatic amines is 1. The lowest BCUT2D eigenvalue weighted by Crippen LogP contribution is -2.48. The number of fused-ring (bicyclic) bond motifs is 1. The molecule has 7 nitrogen and oxygen atoms in total. The van der Waals surface area contributed by atoms with Crippen LogP contribution in [0.1, 0.15) is 5.82 Å². The molecule has 4 aromatic rings. The van der Waals surface area contributed by atoms with Gasteiger partial charge in [0.25, 0.3) is 5.56 Å². The number of benzene rings is 2. The molecule has 0 bridgehead atoms. The maximum absolute atomic E-state index is 12.7. The molecule has 34 heavy (non-hydrogen) atoms. The van der Waals surface area contributed by atoms with Crippen molar-refractivity contribution in [1.29, 1.82) is 0 Å². The second kappa shape index (κ2) is 10.1. The number of nitrogens with one attached hydrogen (secondary N) is 2. The number of halogens is 1. The molecule has 0 spiro atoms. The maximum Gasteiger partial charge on any atom is 0.259 e. The third-order valence-corrected chi connectivity index (χ3v) is 7.27. The first-order chi connectivity index (χ1) is 16.5. The Labute approximate surface area is 206 Å². The highest BCUT2D eigenvalue weighted by Crippen LogP contribution is 2.30. The normalized spacial score (nSPS) is 15.0. The third kappa shape index (κ3) is 5.20. The largest absolute Gasteiger partial charge is 0.324 e. The van der Waals surface area contributed by atoms with E-state index in [0.29, 0.717) is 35.0 Å². The molecule has 1 aliphatic heterocycles. The second-order valence-corrected chi connectivity index (χ2v) is 9.73. The van der Waals surface area contributed by atoms with Crippen molar-refractivity contribution in [3.05, 3.63) is 81.9 Å². The topological polar surface area (TPSA) is 81.3 Å². The highest BCUT2D eigenvalue weighted by molar-refractivity contribution is 7.21. The van der Waals surface area contributed by atoms with Gasteiger partial charge in [0.05, 0.1) is 29.2 Å². The lowest BCUT2D eigenvalue weighted by atomic mass is 10.2. The predicted octanol–water partition coefficient (Wildman–Crippen LogP) is 4.06. The molecule has 0 atom stereocenters. The summed E-state index contributed by atoms with van der Waals surface area (Å²) < 4.78 is 0. The number of rotatable bonds is 6. The van der Waals surface area contributed by atoms with E-state index in [9.17, 15) is 9.59 Å². The molecule has 0 unspecified atom stereocenters. The number of hydrogen-bond acceptors (Lipinski definition) is 6. The summed E-state index contributed by atoms with van der Waals surface area (Å²) in [5.74, 6) is 0.591. The zero-order valence-electron chi connectivity index (χ0n) is 18.5. The SMILES string of the molecule is O=C(CN1CCN(Cc2nc3sc(-c4ccccc4)cc3c(=O)[nH]2)CC1)Nc1ccccc1Cl. The number of carbonyl (C=O) groups excluding carboxylic acids is 1. The van der Waals surface area contributed by atoms with Crippen molar-refractivity contribution in [1.82, 2.24) is 19.8 Å². The number of piperazine rings is 1. The quantitative estimate of drug-likeness (QED) is 0.423. The Morgan fingerprint density at radius 3 is 2.50 bits per heavy atom. The summed E-state index contributed by atoms with van der Waals surface area (Å²) in [6.45, 7) is 4.00. The zero-order valence-corrected chi connectivity index (χ0v) is 20.0. The zero-order chi connectivity index (χ0) is 23.5. The number of para-hydroxylation sites is 1. The summed E-state index contributed by atoms with van der Waals surface area (Å²) in [6.07, 6.45) is 0. The lowest BCUT2D eigenvalue weighted by molar-refractivity contribution is -0.117. The van der Waals surface area contributed by atoms with Crippen LogP contribution in [0.2, 0.25) is 5.02 Å². The summed E-state index contributed by atoms with van der Waals surface area (Å²) in [6, 6.07) is 19.2. The van der Waals surface area contributed by atoms with E-state index in [-0.39, 0.29) is 11.5 Å². The molecule has 5 rings (SSSR count). The van der Waals surface area contributed by atoms with Gasteiger partial charge in [-0.3, -0.25) is 19.4 Å². The van der Waals surface area contributed by atoms with E-state index in [4.69, 9.17) is 16.6 Å². The van der Waals surface area contributed by atoms with Crippen molar-refractivity contribution in [2.45, 2.75) is 6.54 Å². The van der Waals surface area contributed by atoms with E-state index in [1.165, 1.54) is 11.3 Å². The molecule has 2 N–H and O–H groups in total. The van der Waals surface area contributed by atoms with Crippen LogP contribution in [0.15, 0.2) is 65.5 Å². The highest BCUT2D eigenvalue weighted by atomic mass is 35.5. The Kier molecular flexibility index (Phi) is 6.73. The number of anilines is 1. The molecule has 2 aromatic heterocycles. The van der Waals surface area contributed by atoms with E-state index in [2.05, 4.69) is 20.1 Å². The van der Waals surface area contributed by atoms with E-state index in [1.807, 2.05) is 48.5 Å². The summed E-state index contributed by atoms with van der Waals surface area (Å²) >= 11 is 7.66. The number of amides is 1. The van der Waals surface area contributed by atoms with Crippen molar-refractivity contribution in [2.75, 3.05) is 38.0 Å². The minimum atomic E-state index is -0.103. The highest BCUT2D eigenvalue weighted by Gasteiger charge is 2.20. The minimum Gasteiger partial charge on any atom is -0.324 e. The fourth-order valence-electron chi connectivity index (χ4n) is 4.07. The maximum atomic E-state index is 12.7. The molecule has 0 aliphatic carbocycles. The van der Waals surface area contributed by atoms with Gasteiger partial charge in [0.2, 0.25) is 5.91 Å². The van der Waals surface area contributed by atoms with E-state index >= 15 is 0 Å². The molecule has 1 aliphatic rings. The van der Waals surface area contributed by atoms with Gasteiger partial charge in [0, 0.05) is 31.1 Å².